The first-order valence-corrected chi connectivity index (χ1v) is 6.59. The maximum atomic E-state index is 12.0. The first-order chi connectivity index (χ1) is 10.2. The molecular formula is C14H14N6O. The number of aromatic nitrogens is 6. The molecule has 0 fully saturated rings. The van der Waals surface area contributed by atoms with Crippen LogP contribution in [0.4, 0.5) is 0 Å². The smallest absolute Gasteiger partial charge is 0.246 e. The largest absolute Gasteiger partial charge is 0.349 e. The summed E-state index contributed by atoms with van der Waals surface area (Å²) in [5.74, 6) is 1.76. The lowest BCUT2D eigenvalue weighted by molar-refractivity contribution is 0.734. The summed E-state index contributed by atoms with van der Waals surface area (Å²) < 4.78 is 1.47. The second-order valence-electron chi connectivity index (χ2n) is 4.83. The van der Waals surface area contributed by atoms with Gasteiger partial charge >= 0.3 is 5.69 Å². The third-order valence-electron chi connectivity index (χ3n) is 2.97. The minimum Gasteiger partial charge on any atom is -0.246 e. The van der Waals surface area contributed by atoms with E-state index < -0.39 is 0 Å². The van der Waals surface area contributed by atoms with Crippen LogP contribution in [0.15, 0.2) is 41.5 Å². The molecule has 0 atom stereocenters. The second kappa shape index (κ2) is 5.28. The van der Waals surface area contributed by atoms with Gasteiger partial charge in [0.25, 0.3) is 0 Å². The topological polar surface area (TPSA) is 89.4 Å². The Kier molecular flexibility index (Phi) is 3.31. The van der Waals surface area contributed by atoms with Crippen molar-refractivity contribution in [1.82, 2.24) is 29.7 Å². The van der Waals surface area contributed by atoms with Gasteiger partial charge in [-0.3, -0.25) is 0 Å². The summed E-state index contributed by atoms with van der Waals surface area (Å²) in [4.78, 5) is 24.8. The molecule has 0 aliphatic carbocycles. The Bertz CT molecular complexity index is 806. The first-order valence-electron chi connectivity index (χ1n) is 6.59. The number of hydrogen-bond donors (Lipinski definition) is 1. The summed E-state index contributed by atoms with van der Waals surface area (Å²) >= 11 is 0. The van der Waals surface area contributed by atoms with E-state index in [1.54, 1.807) is 30.6 Å². The minimum atomic E-state index is -0.308. The van der Waals surface area contributed by atoms with Crippen molar-refractivity contribution in [1.29, 1.82) is 0 Å². The minimum absolute atomic E-state index is 0.0994. The van der Waals surface area contributed by atoms with Crippen LogP contribution < -0.4 is 5.69 Å². The number of rotatable bonds is 3. The summed E-state index contributed by atoms with van der Waals surface area (Å²) in [7, 11) is 0. The molecule has 0 unspecified atom stereocenters. The fourth-order valence-electron chi connectivity index (χ4n) is 2.02. The maximum absolute atomic E-state index is 12.0. The third-order valence-corrected chi connectivity index (χ3v) is 2.97. The van der Waals surface area contributed by atoms with Crippen LogP contribution in [0, 0.1) is 0 Å². The van der Waals surface area contributed by atoms with Gasteiger partial charge in [0.2, 0.25) is 0 Å². The zero-order valence-corrected chi connectivity index (χ0v) is 11.7. The predicted octanol–water partition coefficient (Wildman–Crippen LogP) is 1.54. The highest BCUT2D eigenvalue weighted by atomic mass is 16.1. The second-order valence-corrected chi connectivity index (χ2v) is 4.83. The SMILES string of the molecule is CC(C)c1n[nH]c(=O)n1-c1cccc(-c2ncccn2)n1. The standard InChI is InChI=1S/C14H14N6O/c1-9(2)13-18-19-14(21)20(13)11-6-3-5-10(17-11)12-15-7-4-8-16-12/h3-9H,1-2H3,(H,19,21). The quantitative estimate of drug-likeness (QED) is 0.787. The summed E-state index contributed by atoms with van der Waals surface area (Å²) in [5.41, 5.74) is 0.299. The van der Waals surface area contributed by atoms with Crippen molar-refractivity contribution in [2.45, 2.75) is 19.8 Å². The molecule has 0 amide bonds. The fourth-order valence-corrected chi connectivity index (χ4v) is 2.02. The van der Waals surface area contributed by atoms with E-state index >= 15 is 0 Å². The van der Waals surface area contributed by atoms with Gasteiger partial charge in [0.15, 0.2) is 5.82 Å². The Labute approximate surface area is 120 Å². The molecule has 0 aromatic carbocycles. The van der Waals surface area contributed by atoms with Gasteiger partial charge in [0.1, 0.15) is 17.3 Å². The lowest BCUT2D eigenvalue weighted by Crippen LogP contribution is -2.18. The Morgan fingerprint density at radius 3 is 2.62 bits per heavy atom. The van der Waals surface area contributed by atoms with Crippen molar-refractivity contribution in [3.8, 4) is 17.3 Å². The highest BCUT2D eigenvalue weighted by Crippen LogP contribution is 2.16. The number of pyridine rings is 1. The molecule has 7 heteroatoms. The molecule has 0 aliphatic heterocycles. The highest BCUT2D eigenvalue weighted by Gasteiger charge is 2.15. The van der Waals surface area contributed by atoms with E-state index in [9.17, 15) is 4.79 Å². The average molecular weight is 282 g/mol. The van der Waals surface area contributed by atoms with Crippen LogP contribution in [-0.2, 0) is 0 Å². The van der Waals surface area contributed by atoms with Gasteiger partial charge in [0.05, 0.1) is 0 Å². The van der Waals surface area contributed by atoms with E-state index in [4.69, 9.17) is 0 Å². The predicted molar refractivity (Wildman–Crippen MR) is 77.1 cm³/mol. The van der Waals surface area contributed by atoms with E-state index in [0.717, 1.165) is 0 Å². The maximum Gasteiger partial charge on any atom is 0.349 e. The first kappa shape index (κ1) is 13.2. The van der Waals surface area contributed by atoms with Gasteiger partial charge in [-0.05, 0) is 18.2 Å². The Hall–Kier alpha value is -2.83. The fraction of sp³-hybridized carbons (Fsp3) is 0.214. The van der Waals surface area contributed by atoms with Crippen LogP contribution in [0.2, 0.25) is 0 Å². The lowest BCUT2D eigenvalue weighted by atomic mass is 10.2. The third kappa shape index (κ3) is 2.45. The average Bonchev–Trinajstić information content (AvgIpc) is 2.90. The number of H-pyrrole nitrogens is 1. The Morgan fingerprint density at radius 1 is 1.14 bits per heavy atom. The van der Waals surface area contributed by atoms with Crippen molar-refractivity contribution in [3.63, 3.8) is 0 Å². The van der Waals surface area contributed by atoms with Crippen LogP contribution in [0.3, 0.4) is 0 Å². The Balaban J connectivity index is 2.13. The van der Waals surface area contributed by atoms with Crippen molar-refractivity contribution in [2.75, 3.05) is 0 Å². The molecule has 3 heterocycles. The molecule has 7 nitrogen and oxygen atoms in total. The summed E-state index contributed by atoms with van der Waals surface area (Å²) in [6, 6.07) is 7.12. The molecule has 0 saturated carbocycles. The van der Waals surface area contributed by atoms with Crippen LogP contribution in [0.5, 0.6) is 0 Å². The molecule has 0 aliphatic rings. The van der Waals surface area contributed by atoms with Gasteiger partial charge < -0.3 is 0 Å². The monoisotopic (exact) mass is 282 g/mol. The zero-order valence-electron chi connectivity index (χ0n) is 11.7. The zero-order chi connectivity index (χ0) is 14.8. The van der Waals surface area contributed by atoms with Crippen LogP contribution >= 0.6 is 0 Å². The summed E-state index contributed by atoms with van der Waals surface area (Å²) in [6.07, 6.45) is 3.31. The van der Waals surface area contributed by atoms with E-state index in [1.165, 1.54) is 4.57 Å². The van der Waals surface area contributed by atoms with Crippen molar-refractivity contribution in [2.24, 2.45) is 0 Å². The van der Waals surface area contributed by atoms with Crippen LogP contribution in [0.25, 0.3) is 17.3 Å². The number of hydrogen-bond acceptors (Lipinski definition) is 5. The van der Waals surface area contributed by atoms with Crippen LogP contribution in [0.1, 0.15) is 25.6 Å². The van der Waals surface area contributed by atoms with Gasteiger partial charge in [0, 0.05) is 18.3 Å². The van der Waals surface area contributed by atoms with E-state index in [0.29, 0.717) is 23.2 Å². The van der Waals surface area contributed by atoms with Gasteiger partial charge in [-0.15, -0.1) is 0 Å². The highest BCUT2D eigenvalue weighted by molar-refractivity contribution is 5.50. The molecule has 0 bridgehead atoms. The normalized spacial score (nSPS) is 11.0. The number of nitrogens with one attached hydrogen (secondary N) is 1. The van der Waals surface area contributed by atoms with E-state index in [1.807, 2.05) is 19.9 Å². The molecule has 3 aromatic rings. The molecule has 3 rings (SSSR count). The summed E-state index contributed by atoms with van der Waals surface area (Å²) in [6.45, 7) is 3.94. The van der Waals surface area contributed by atoms with Crippen molar-refractivity contribution >= 4 is 0 Å². The molecule has 0 saturated heterocycles. The molecular weight excluding hydrogens is 268 g/mol. The van der Waals surface area contributed by atoms with Crippen molar-refractivity contribution < 1.29 is 0 Å². The van der Waals surface area contributed by atoms with Gasteiger partial charge in [-0.25, -0.2) is 29.4 Å². The van der Waals surface area contributed by atoms with Gasteiger partial charge in [-0.1, -0.05) is 19.9 Å². The molecule has 3 aromatic heterocycles. The number of nitrogens with zero attached hydrogens (tertiary/aromatic N) is 5. The molecule has 0 spiro atoms. The van der Waals surface area contributed by atoms with E-state index in [2.05, 4.69) is 25.1 Å². The van der Waals surface area contributed by atoms with Crippen molar-refractivity contribution in [3.05, 3.63) is 53.0 Å². The molecule has 0 radical (unpaired) electrons. The van der Waals surface area contributed by atoms with E-state index in [-0.39, 0.29) is 11.6 Å². The Morgan fingerprint density at radius 2 is 1.90 bits per heavy atom. The molecule has 106 valence electrons. The van der Waals surface area contributed by atoms with Crippen LogP contribution in [-0.4, -0.2) is 29.7 Å². The number of aromatic amines is 1. The summed E-state index contributed by atoms with van der Waals surface area (Å²) in [5, 5.41) is 6.51. The lowest BCUT2D eigenvalue weighted by Gasteiger charge is -2.08. The molecule has 1 N–H and O–H groups in total. The molecule has 21 heavy (non-hydrogen) atoms. The van der Waals surface area contributed by atoms with Gasteiger partial charge in [-0.2, -0.15) is 5.10 Å².